The zero-order valence-electron chi connectivity index (χ0n) is 16.3. The fourth-order valence-electron chi connectivity index (χ4n) is 3.42. The molecule has 0 aliphatic heterocycles. The van der Waals surface area contributed by atoms with Gasteiger partial charge in [-0.3, -0.25) is 14.4 Å². The van der Waals surface area contributed by atoms with Crippen LogP contribution in [0.1, 0.15) is 46.7 Å². The van der Waals surface area contributed by atoms with Gasteiger partial charge in [0.05, 0.1) is 12.0 Å². The van der Waals surface area contributed by atoms with Gasteiger partial charge in [0.1, 0.15) is 5.69 Å². The van der Waals surface area contributed by atoms with Gasteiger partial charge in [-0.05, 0) is 47.7 Å². The lowest BCUT2D eigenvalue weighted by atomic mass is 9.85. The minimum atomic E-state index is -1.67. The highest BCUT2D eigenvalue weighted by Crippen LogP contribution is 2.32. The fraction of sp³-hybridized carbons (Fsp3) is 0.368. The second kappa shape index (κ2) is 9.50. The van der Waals surface area contributed by atoms with E-state index in [4.69, 9.17) is 0 Å². The molecule has 1 aliphatic rings. The Labute approximate surface area is 183 Å². The molecule has 1 aromatic carbocycles. The molecule has 12 heteroatoms. The summed E-state index contributed by atoms with van der Waals surface area (Å²) in [6, 6.07) is 0.507. The van der Waals surface area contributed by atoms with Crippen LogP contribution in [-0.4, -0.2) is 40.8 Å². The van der Waals surface area contributed by atoms with Gasteiger partial charge in [0.15, 0.2) is 23.1 Å². The number of halogens is 4. The van der Waals surface area contributed by atoms with Gasteiger partial charge < -0.3 is 20.9 Å². The molecule has 166 valence electrons. The molecule has 1 fully saturated rings. The van der Waals surface area contributed by atoms with Crippen LogP contribution in [0.3, 0.4) is 0 Å². The molecule has 2 aromatic rings. The molecule has 0 saturated heterocycles. The Kier molecular flexibility index (Phi) is 6.98. The molecule has 0 unspecified atom stereocenters. The molecule has 0 bridgehead atoms. The fourth-order valence-corrected chi connectivity index (χ4v) is 3.90. The number of hydrogen-bond donors (Lipinski definition) is 4. The smallest absolute Gasteiger partial charge is 0.272 e. The van der Waals surface area contributed by atoms with Crippen molar-refractivity contribution >= 4 is 39.3 Å². The molecule has 1 aromatic heterocycles. The van der Waals surface area contributed by atoms with E-state index in [1.54, 1.807) is 0 Å². The lowest BCUT2D eigenvalue weighted by Gasteiger charge is -2.28. The largest absolute Gasteiger partial charge is 0.354 e. The summed E-state index contributed by atoms with van der Waals surface area (Å²) in [5.41, 5.74) is -0.439. The number of imidazole rings is 1. The van der Waals surface area contributed by atoms with E-state index < -0.39 is 46.8 Å². The first kappa shape index (κ1) is 22.8. The maximum atomic E-state index is 14.0. The molecule has 0 atom stereocenters. The second-order valence-electron chi connectivity index (χ2n) is 7.06. The lowest BCUT2D eigenvalue weighted by Crippen LogP contribution is -2.40. The van der Waals surface area contributed by atoms with Gasteiger partial charge >= 0.3 is 0 Å². The van der Waals surface area contributed by atoms with Crippen molar-refractivity contribution in [2.24, 2.45) is 5.92 Å². The van der Waals surface area contributed by atoms with Gasteiger partial charge in [-0.25, -0.2) is 18.2 Å². The molecule has 1 saturated carbocycles. The summed E-state index contributed by atoms with van der Waals surface area (Å²) in [6.07, 6.45) is 2.97. The van der Waals surface area contributed by atoms with Crippen molar-refractivity contribution in [3.05, 3.63) is 45.7 Å². The van der Waals surface area contributed by atoms with E-state index in [1.165, 1.54) is 13.4 Å². The molecule has 4 N–H and O–H groups in total. The number of nitrogens with zero attached hydrogens (tertiary/aromatic N) is 1. The standard InChI is InChI=1S/C19H19BrF3N5O3/c1-24-18(30)15-16(26-7-25-15)19(31)27-9-4-2-8(3-5-9)17(29)28-14-10(20)6-11(21)12(22)13(14)23/h6-9H,2-5H2,1H3,(H,24,30)(H,25,26)(H,27,31)(H,28,29)/t8-,9-. The third-order valence-corrected chi connectivity index (χ3v) is 5.73. The minimum Gasteiger partial charge on any atom is -0.354 e. The van der Waals surface area contributed by atoms with Crippen LogP contribution in [0.4, 0.5) is 18.9 Å². The number of amides is 3. The molecule has 0 spiro atoms. The summed E-state index contributed by atoms with van der Waals surface area (Å²) in [5.74, 6) is -6.51. The monoisotopic (exact) mass is 501 g/mol. The van der Waals surface area contributed by atoms with E-state index in [0.717, 1.165) is 6.07 Å². The topological polar surface area (TPSA) is 116 Å². The van der Waals surface area contributed by atoms with Crippen molar-refractivity contribution in [2.45, 2.75) is 31.7 Å². The Balaban J connectivity index is 1.57. The number of rotatable bonds is 5. The number of carbonyl (C=O) groups is 3. The minimum absolute atomic E-state index is 0.0211. The SMILES string of the molecule is CNC(=O)c1nc[nH]c1C(=O)N[C@H]1CC[C@H](C(=O)Nc2c(Br)cc(F)c(F)c2F)CC1. The predicted molar refractivity (Wildman–Crippen MR) is 108 cm³/mol. The molecule has 1 heterocycles. The second-order valence-corrected chi connectivity index (χ2v) is 7.91. The van der Waals surface area contributed by atoms with Crippen molar-refractivity contribution in [3.8, 4) is 0 Å². The van der Waals surface area contributed by atoms with Crippen LogP contribution in [0, 0.1) is 23.4 Å². The van der Waals surface area contributed by atoms with Crippen molar-refractivity contribution in [2.75, 3.05) is 12.4 Å². The molecular weight excluding hydrogens is 483 g/mol. The zero-order chi connectivity index (χ0) is 22.7. The van der Waals surface area contributed by atoms with Crippen LogP contribution in [0.2, 0.25) is 0 Å². The van der Waals surface area contributed by atoms with Crippen molar-refractivity contribution in [1.29, 1.82) is 0 Å². The van der Waals surface area contributed by atoms with E-state index in [9.17, 15) is 27.6 Å². The van der Waals surface area contributed by atoms with Crippen molar-refractivity contribution < 1.29 is 27.6 Å². The Hall–Kier alpha value is -2.89. The molecular formula is C19H19BrF3N5O3. The van der Waals surface area contributed by atoms with E-state index in [2.05, 4.69) is 41.8 Å². The highest BCUT2D eigenvalue weighted by Gasteiger charge is 2.30. The molecule has 8 nitrogen and oxygen atoms in total. The van der Waals surface area contributed by atoms with Crippen LogP contribution >= 0.6 is 15.9 Å². The molecule has 0 radical (unpaired) electrons. The number of aromatic amines is 1. The number of benzene rings is 1. The van der Waals surface area contributed by atoms with Crippen LogP contribution in [0.5, 0.6) is 0 Å². The maximum Gasteiger partial charge on any atom is 0.272 e. The van der Waals surface area contributed by atoms with E-state index in [1.807, 2.05) is 0 Å². The summed E-state index contributed by atoms with van der Waals surface area (Å²) < 4.78 is 40.5. The first-order valence-corrected chi connectivity index (χ1v) is 10.2. The Morgan fingerprint density at radius 2 is 1.77 bits per heavy atom. The summed E-state index contributed by atoms with van der Waals surface area (Å²) in [7, 11) is 1.43. The van der Waals surface area contributed by atoms with Crippen LogP contribution in [-0.2, 0) is 4.79 Å². The van der Waals surface area contributed by atoms with Gasteiger partial charge in [0, 0.05) is 23.5 Å². The molecule has 3 rings (SSSR count). The number of H-pyrrole nitrogens is 1. The molecule has 1 aliphatic carbocycles. The molecule has 31 heavy (non-hydrogen) atoms. The van der Waals surface area contributed by atoms with E-state index in [-0.39, 0.29) is 21.9 Å². The normalized spacial score (nSPS) is 18.4. The zero-order valence-corrected chi connectivity index (χ0v) is 17.9. The number of anilines is 1. The average molecular weight is 502 g/mol. The Morgan fingerprint density at radius 1 is 1.10 bits per heavy atom. The van der Waals surface area contributed by atoms with Gasteiger partial charge in [-0.1, -0.05) is 0 Å². The van der Waals surface area contributed by atoms with Crippen LogP contribution in [0.15, 0.2) is 16.9 Å². The summed E-state index contributed by atoms with van der Waals surface area (Å²) >= 11 is 2.92. The predicted octanol–water partition coefficient (Wildman–Crippen LogP) is 2.88. The van der Waals surface area contributed by atoms with Gasteiger partial charge in [0.2, 0.25) is 5.91 Å². The Morgan fingerprint density at radius 3 is 2.42 bits per heavy atom. The number of nitrogens with one attached hydrogen (secondary N) is 4. The van der Waals surface area contributed by atoms with Gasteiger partial charge in [-0.15, -0.1) is 0 Å². The highest BCUT2D eigenvalue weighted by atomic mass is 79.9. The first-order chi connectivity index (χ1) is 14.7. The maximum absolute atomic E-state index is 14.0. The summed E-state index contributed by atoms with van der Waals surface area (Å²) in [5, 5.41) is 7.51. The van der Waals surface area contributed by atoms with E-state index >= 15 is 0 Å². The lowest BCUT2D eigenvalue weighted by molar-refractivity contribution is -0.120. The van der Waals surface area contributed by atoms with Crippen molar-refractivity contribution in [3.63, 3.8) is 0 Å². The van der Waals surface area contributed by atoms with Crippen LogP contribution in [0.25, 0.3) is 0 Å². The van der Waals surface area contributed by atoms with Gasteiger partial charge in [0.25, 0.3) is 11.8 Å². The first-order valence-electron chi connectivity index (χ1n) is 9.43. The summed E-state index contributed by atoms with van der Waals surface area (Å²) in [4.78, 5) is 43.2. The summed E-state index contributed by atoms with van der Waals surface area (Å²) in [6.45, 7) is 0. The third-order valence-electron chi connectivity index (χ3n) is 5.10. The number of aromatic nitrogens is 2. The average Bonchev–Trinajstić information content (AvgIpc) is 3.25. The number of hydrogen-bond acceptors (Lipinski definition) is 4. The molecule has 3 amide bonds. The highest BCUT2D eigenvalue weighted by molar-refractivity contribution is 9.10. The van der Waals surface area contributed by atoms with E-state index in [0.29, 0.717) is 25.7 Å². The van der Waals surface area contributed by atoms with Crippen LogP contribution < -0.4 is 16.0 Å². The van der Waals surface area contributed by atoms with Gasteiger partial charge in [-0.2, -0.15) is 0 Å². The van der Waals surface area contributed by atoms with Crippen molar-refractivity contribution in [1.82, 2.24) is 20.6 Å². The quantitative estimate of drug-likeness (QED) is 0.372. The number of carbonyl (C=O) groups excluding carboxylic acids is 3. The third kappa shape index (κ3) is 4.89. The Bertz CT molecular complexity index is 1020.